The molecule has 0 bridgehead atoms. The van der Waals surface area contributed by atoms with E-state index >= 15 is 0 Å². The lowest BCUT2D eigenvalue weighted by Crippen LogP contribution is -2.34. The Kier molecular flexibility index (Phi) is 11.4. The average molecular weight is 430 g/mol. The summed E-state index contributed by atoms with van der Waals surface area (Å²) in [5.74, 6) is 0.689. The Morgan fingerprint density at radius 3 is 2.10 bits per heavy atom. The smallest absolute Gasteiger partial charge is 0.220 e. The molecule has 1 aromatic carbocycles. The van der Waals surface area contributed by atoms with Crippen LogP contribution >= 0.6 is 0 Å². The second-order valence-corrected chi connectivity index (χ2v) is 7.77. The minimum Gasteiger partial charge on any atom is -0.494 e. The van der Waals surface area contributed by atoms with E-state index in [1.54, 1.807) is 24.3 Å². The highest BCUT2D eigenvalue weighted by molar-refractivity contribution is 5.94. The first-order valence-corrected chi connectivity index (χ1v) is 11.2. The van der Waals surface area contributed by atoms with Crippen molar-refractivity contribution in [3.63, 3.8) is 0 Å². The van der Waals surface area contributed by atoms with Gasteiger partial charge >= 0.3 is 0 Å². The quantitative estimate of drug-likeness (QED) is 0.254. The number of carbonyl (C=O) groups excluding carboxylic acids is 3. The Hall–Kier alpha value is -2.67. The van der Waals surface area contributed by atoms with Gasteiger partial charge < -0.3 is 15.4 Å². The van der Waals surface area contributed by atoms with Crippen molar-refractivity contribution in [2.45, 2.75) is 45.4 Å². The van der Waals surface area contributed by atoms with Gasteiger partial charge in [0.15, 0.2) is 5.78 Å². The maximum Gasteiger partial charge on any atom is 0.220 e. The molecule has 2 rings (SSSR count). The molecule has 0 spiro atoms. The lowest BCUT2D eigenvalue weighted by molar-refractivity contribution is -0.123. The number of nitrogens with zero attached hydrogens (tertiary/aromatic N) is 1. The van der Waals surface area contributed by atoms with Crippen molar-refractivity contribution >= 4 is 17.6 Å². The van der Waals surface area contributed by atoms with Crippen LogP contribution in [-0.2, 0) is 9.59 Å². The number of rotatable bonds is 15. The summed E-state index contributed by atoms with van der Waals surface area (Å²) in [6.45, 7) is 6.03. The molecule has 2 amide bonds. The molecular weight excluding hydrogens is 394 g/mol. The second-order valence-electron chi connectivity index (χ2n) is 7.77. The van der Waals surface area contributed by atoms with Crippen LogP contribution in [0.4, 0.5) is 0 Å². The minimum absolute atomic E-state index is 0.0188. The van der Waals surface area contributed by atoms with Gasteiger partial charge in [-0.3, -0.25) is 19.3 Å². The van der Waals surface area contributed by atoms with E-state index in [0.29, 0.717) is 50.3 Å². The summed E-state index contributed by atoms with van der Waals surface area (Å²) in [7, 11) is 0. The molecule has 31 heavy (non-hydrogen) atoms. The number of benzene rings is 1. The van der Waals surface area contributed by atoms with Crippen LogP contribution in [0.15, 0.2) is 36.4 Å². The van der Waals surface area contributed by atoms with Crippen LogP contribution in [0.5, 0.6) is 5.75 Å². The van der Waals surface area contributed by atoms with Crippen molar-refractivity contribution in [2.75, 3.05) is 39.3 Å². The second kappa shape index (κ2) is 14.4. The van der Waals surface area contributed by atoms with Gasteiger partial charge in [-0.15, -0.1) is 0 Å². The van der Waals surface area contributed by atoms with Crippen LogP contribution in [0.2, 0.25) is 0 Å². The van der Waals surface area contributed by atoms with Gasteiger partial charge in [0, 0.05) is 44.6 Å². The molecule has 0 saturated heterocycles. The van der Waals surface area contributed by atoms with Crippen molar-refractivity contribution in [2.24, 2.45) is 0 Å². The number of carbonyl (C=O) groups is 3. The summed E-state index contributed by atoms with van der Waals surface area (Å²) < 4.78 is 5.58. The number of amides is 2. The third-order valence-corrected chi connectivity index (χ3v) is 5.12. The molecule has 0 saturated carbocycles. The Bertz CT molecular complexity index is 723. The van der Waals surface area contributed by atoms with Crippen molar-refractivity contribution in [3.05, 3.63) is 42.0 Å². The number of ketones is 1. The van der Waals surface area contributed by atoms with E-state index in [0.717, 1.165) is 38.9 Å². The fourth-order valence-electron chi connectivity index (χ4n) is 3.29. The first-order chi connectivity index (χ1) is 15.0. The standard InChI is InChI=1S/C24H35N3O4/c1-20(28)21-10-12-22(13-11-21)31-19-7-9-24(30)26-15-14-25-23(29)8-3-2-4-16-27-17-5-6-18-27/h5-6,10-13H,2-4,7-9,14-19H2,1H3,(H,25,29)(H,26,30). The number of Topliss-reactive ketones (excluding diaryl/α,β-unsaturated/α-hetero) is 1. The number of unbranched alkanes of at least 4 members (excludes halogenated alkanes) is 2. The highest BCUT2D eigenvalue weighted by Crippen LogP contribution is 2.13. The maximum absolute atomic E-state index is 11.8. The zero-order chi connectivity index (χ0) is 22.3. The summed E-state index contributed by atoms with van der Waals surface area (Å²) in [5.41, 5.74) is 0.647. The summed E-state index contributed by atoms with van der Waals surface area (Å²) in [4.78, 5) is 37.3. The Morgan fingerprint density at radius 1 is 0.871 bits per heavy atom. The van der Waals surface area contributed by atoms with Crippen molar-refractivity contribution in [1.29, 1.82) is 0 Å². The fraction of sp³-hybridized carbons (Fsp3) is 0.542. The molecule has 1 aliphatic heterocycles. The van der Waals surface area contributed by atoms with E-state index in [4.69, 9.17) is 4.74 Å². The predicted molar refractivity (Wildman–Crippen MR) is 121 cm³/mol. The van der Waals surface area contributed by atoms with Gasteiger partial charge in [0.05, 0.1) is 6.61 Å². The summed E-state index contributed by atoms with van der Waals surface area (Å²) in [6.07, 6.45) is 8.97. The number of nitrogens with one attached hydrogen (secondary N) is 2. The zero-order valence-corrected chi connectivity index (χ0v) is 18.5. The zero-order valence-electron chi connectivity index (χ0n) is 18.5. The maximum atomic E-state index is 11.8. The van der Waals surface area contributed by atoms with E-state index in [1.807, 2.05) is 0 Å². The molecule has 2 N–H and O–H groups in total. The third kappa shape index (κ3) is 10.8. The van der Waals surface area contributed by atoms with Gasteiger partial charge in [0.2, 0.25) is 11.8 Å². The van der Waals surface area contributed by atoms with Crippen LogP contribution in [0.25, 0.3) is 0 Å². The SMILES string of the molecule is CC(=O)c1ccc(OCCCC(=O)NCCNC(=O)CCCCCN2CC=CC2)cc1. The van der Waals surface area contributed by atoms with Gasteiger partial charge in [0.25, 0.3) is 0 Å². The topological polar surface area (TPSA) is 87.7 Å². The van der Waals surface area contributed by atoms with Crippen molar-refractivity contribution in [1.82, 2.24) is 15.5 Å². The van der Waals surface area contributed by atoms with Gasteiger partial charge in [-0.05, 0) is 57.0 Å². The lowest BCUT2D eigenvalue weighted by atomic mass is 10.1. The van der Waals surface area contributed by atoms with Crippen LogP contribution in [-0.4, -0.2) is 61.8 Å². The first-order valence-electron chi connectivity index (χ1n) is 11.2. The van der Waals surface area contributed by atoms with Gasteiger partial charge in [-0.25, -0.2) is 0 Å². The summed E-state index contributed by atoms with van der Waals surface area (Å²) in [5, 5.41) is 5.65. The highest BCUT2D eigenvalue weighted by Gasteiger charge is 2.06. The minimum atomic E-state index is -0.0545. The van der Waals surface area contributed by atoms with E-state index in [9.17, 15) is 14.4 Å². The largest absolute Gasteiger partial charge is 0.494 e. The fourth-order valence-corrected chi connectivity index (χ4v) is 3.29. The molecule has 7 nitrogen and oxygen atoms in total. The van der Waals surface area contributed by atoms with Crippen LogP contribution in [0.1, 0.15) is 55.8 Å². The molecule has 0 aromatic heterocycles. The average Bonchev–Trinajstić information content (AvgIpc) is 3.28. The van der Waals surface area contributed by atoms with Crippen LogP contribution in [0, 0.1) is 0 Å². The molecular formula is C24H35N3O4. The molecule has 0 unspecified atom stereocenters. The normalized spacial score (nSPS) is 13.2. The summed E-state index contributed by atoms with van der Waals surface area (Å²) >= 11 is 0. The van der Waals surface area contributed by atoms with E-state index in [1.165, 1.54) is 6.92 Å². The Balaban J connectivity index is 1.40. The third-order valence-electron chi connectivity index (χ3n) is 5.12. The molecule has 1 aromatic rings. The van der Waals surface area contributed by atoms with Crippen LogP contribution in [0.3, 0.4) is 0 Å². The molecule has 0 aliphatic carbocycles. The number of hydrogen-bond acceptors (Lipinski definition) is 5. The molecule has 7 heteroatoms. The molecule has 0 atom stereocenters. The number of ether oxygens (including phenoxy) is 1. The molecule has 170 valence electrons. The van der Waals surface area contributed by atoms with Gasteiger partial charge in [-0.1, -0.05) is 18.6 Å². The van der Waals surface area contributed by atoms with E-state index in [-0.39, 0.29) is 17.6 Å². The van der Waals surface area contributed by atoms with Crippen molar-refractivity contribution in [3.8, 4) is 5.75 Å². The Labute approximate surface area is 185 Å². The van der Waals surface area contributed by atoms with Crippen molar-refractivity contribution < 1.29 is 19.1 Å². The molecule has 0 fully saturated rings. The highest BCUT2D eigenvalue weighted by atomic mass is 16.5. The van der Waals surface area contributed by atoms with Gasteiger partial charge in [0.1, 0.15) is 5.75 Å². The monoisotopic (exact) mass is 429 g/mol. The first kappa shape index (κ1) is 24.6. The molecule has 0 radical (unpaired) electrons. The number of hydrogen-bond donors (Lipinski definition) is 2. The lowest BCUT2D eigenvalue weighted by Gasteiger charge is -2.13. The molecule has 1 aliphatic rings. The summed E-state index contributed by atoms with van der Waals surface area (Å²) in [6, 6.07) is 6.96. The Morgan fingerprint density at radius 2 is 1.48 bits per heavy atom. The van der Waals surface area contributed by atoms with E-state index in [2.05, 4.69) is 27.7 Å². The van der Waals surface area contributed by atoms with E-state index < -0.39 is 0 Å². The predicted octanol–water partition coefficient (Wildman–Crippen LogP) is 2.71. The molecule has 1 heterocycles. The van der Waals surface area contributed by atoms with Gasteiger partial charge in [-0.2, -0.15) is 0 Å². The van der Waals surface area contributed by atoms with Crippen LogP contribution < -0.4 is 15.4 Å².